The van der Waals surface area contributed by atoms with Gasteiger partial charge in [0.05, 0.1) is 17.8 Å². The summed E-state index contributed by atoms with van der Waals surface area (Å²) >= 11 is 0. The molecule has 5 aliphatic rings. The van der Waals surface area contributed by atoms with Crippen molar-refractivity contribution < 1.29 is 14.9 Å². The molecule has 2 N–H and O–H groups in total. The molecule has 3 nitrogen and oxygen atoms in total. The quantitative estimate of drug-likeness (QED) is 0.390. The van der Waals surface area contributed by atoms with Gasteiger partial charge in [0, 0.05) is 23.4 Å². The molecule has 0 aromatic rings. The minimum atomic E-state index is -0.735. The van der Waals surface area contributed by atoms with Crippen LogP contribution in [-0.4, -0.2) is 35.1 Å². The number of hydrogen-bond acceptors (Lipinski definition) is 3. The van der Waals surface area contributed by atoms with Crippen molar-refractivity contribution in [2.24, 2.45) is 50.7 Å². The van der Waals surface area contributed by atoms with Crippen molar-refractivity contribution in [3.8, 4) is 0 Å². The van der Waals surface area contributed by atoms with Gasteiger partial charge in [0.2, 0.25) is 0 Å². The van der Waals surface area contributed by atoms with Crippen molar-refractivity contribution in [2.75, 3.05) is 7.11 Å². The third kappa shape index (κ3) is 3.47. The Kier molecular flexibility index (Phi) is 6.31. The molecule has 10 atom stereocenters. The molecule has 3 heteroatoms. The Morgan fingerprint density at radius 3 is 2.42 bits per heavy atom. The first-order valence-corrected chi connectivity index (χ1v) is 15.0. The smallest absolute Gasteiger partial charge is 0.0771 e. The molecule has 4 fully saturated rings. The fraction of sp³-hybridized carbons (Fsp3) is 0.879. The molecule has 0 heterocycles. The van der Waals surface area contributed by atoms with Crippen molar-refractivity contribution in [3.05, 3.63) is 24.3 Å². The summed E-state index contributed by atoms with van der Waals surface area (Å²) in [5.41, 5.74) is -0.0123. The lowest BCUT2D eigenvalue weighted by molar-refractivity contribution is -0.110. The minimum Gasteiger partial charge on any atom is -0.393 e. The summed E-state index contributed by atoms with van der Waals surface area (Å²) in [5, 5.41) is 21.4. The molecule has 1 spiro atoms. The third-order valence-corrected chi connectivity index (χ3v) is 13.5. The van der Waals surface area contributed by atoms with E-state index in [1.807, 2.05) is 27.0 Å². The largest absolute Gasteiger partial charge is 0.393 e. The summed E-state index contributed by atoms with van der Waals surface area (Å²) in [6.07, 6.45) is 20.1. The Morgan fingerprint density at radius 1 is 1.03 bits per heavy atom. The number of hydrogen-bond donors (Lipinski definition) is 2. The first kappa shape index (κ1) is 26.9. The summed E-state index contributed by atoms with van der Waals surface area (Å²) in [4.78, 5) is 0. The third-order valence-electron chi connectivity index (χ3n) is 13.5. The van der Waals surface area contributed by atoms with Crippen LogP contribution in [0.1, 0.15) is 106 Å². The standard InChI is InChI=1S/C33H54O3/c1-22(10-9-15-28(2,3)35)24-14-16-30(6)23-13-17-33-21-27(36-8)32(20-23,19-18-31(24,30)7)25(33)11-12-26(34)29(33,4)5/h9,13,15,17,22-27,34-35H,10-12,14,16,18-21H2,1-8H3/b15-9+/t22-,23?,24?,25+,26+,27-,30+,31?,32?,33?/m1/s1. The number of aliphatic hydroxyl groups is 2. The summed E-state index contributed by atoms with van der Waals surface area (Å²) in [6.45, 7) is 16.1. The van der Waals surface area contributed by atoms with Crippen molar-refractivity contribution >= 4 is 0 Å². The summed E-state index contributed by atoms with van der Waals surface area (Å²) in [5.74, 6) is 2.49. The number of aliphatic hydroxyl groups excluding tert-OH is 1. The van der Waals surface area contributed by atoms with Crippen LogP contribution in [-0.2, 0) is 4.74 Å². The van der Waals surface area contributed by atoms with Gasteiger partial charge in [-0.05, 0) is 106 Å². The SMILES string of the molecule is CO[C@@H]1CC23C=CC4CC1(CCC1(C)C([C@H](C)C/C=C/C(C)(C)O)CC[C@@]41C)[C@@H]2CC[C@H](O)C3(C)C. The molecule has 204 valence electrons. The van der Waals surface area contributed by atoms with Gasteiger partial charge in [0.15, 0.2) is 0 Å². The van der Waals surface area contributed by atoms with E-state index in [1.54, 1.807) is 0 Å². The van der Waals surface area contributed by atoms with E-state index in [9.17, 15) is 10.2 Å². The monoisotopic (exact) mass is 498 g/mol. The second kappa shape index (κ2) is 8.43. The highest BCUT2D eigenvalue weighted by Gasteiger charge is 2.72. The van der Waals surface area contributed by atoms with E-state index in [0.717, 1.165) is 25.7 Å². The molecule has 0 radical (unpaired) electrons. The van der Waals surface area contributed by atoms with E-state index in [4.69, 9.17) is 4.74 Å². The van der Waals surface area contributed by atoms with Crippen molar-refractivity contribution in [2.45, 2.75) is 124 Å². The van der Waals surface area contributed by atoms with E-state index in [1.165, 1.54) is 32.1 Å². The predicted octanol–water partition coefficient (Wildman–Crippen LogP) is 7.32. The second-order valence-electron chi connectivity index (χ2n) is 15.5. The predicted molar refractivity (Wildman–Crippen MR) is 147 cm³/mol. The molecule has 0 aliphatic heterocycles. The minimum absolute atomic E-state index is 0.0391. The zero-order valence-corrected chi connectivity index (χ0v) is 24.4. The van der Waals surface area contributed by atoms with Gasteiger partial charge in [-0.25, -0.2) is 0 Å². The average Bonchev–Trinajstić information content (AvgIpc) is 3.10. The van der Waals surface area contributed by atoms with E-state index >= 15 is 0 Å². The van der Waals surface area contributed by atoms with Crippen molar-refractivity contribution in [3.63, 3.8) is 0 Å². The molecular formula is C33H54O3. The van der Waals surface area contributed by atoms with Crippen LogP contribution in [0.15, 0.2) is 24.3 Å². The average molecular weight is 499 g/mol. The Labute approximate surface area is 221 Å². The lowest BCUT2D eigenvalue weighted by Crippen LogP contribution is -2.53. The van der Waals surface area contributed by atoms with Crippen LogP contribution in [0.2, 0.25) is 0 Å². The molecule has 36 heavy (non-hydrogen) atoms. The molecule has 4 saturated carbocycles. The van der Waals surface area contributed by atoms with Gasteiger partial charge in [-0.1, -0.05) is 58.9 Å². The van der Waals surface area contributed by atoms with E-state index in [0.29, 0.717) is 29.1 Å². The normalized spacial score (nSPS) is 50.4. The highest BCUT2D eigenvalue weighted by molar-refractivity contribution is 5.29. The van der Waals surface area contributed by atoms with Crippen molar-refractivity contribution in [1.82, 2.24) is 0 Å². The zero-order valence-electron chi connectivity index (χ0n) is 24.4. The molecule has 0 aromatic heterocycles. The summed E-state index contributed by atoms with van der Waals surface area (Å²) in [7, 11) is 1.95. The Bertz CT molecular complexity index is 912. The molecule has 5 rings (SSSR count). The Hall–Kier alpha value is -0.640. The van der Waals surface area contributed by atoms with Crippen LogP contribution in [0.5, 0.6) is 0 Å². The molecule has 0 saturated heterocycles. The van der Waals surface area contributed by atoms with Crippen LogP contribution in [0.4, 0.5) is 0 Å². The maximum absolute atomic E-state index is 11.2. The number of methoxy groups -OCH3 is 1. The van der Waals surface area contributed by atoms with Crippen LogP contribution in [0.25, 0.3) is 0 Å². The lowest BCUT2D eigenvalue weighted by atomic mass is 9.49. The Morgan fingerprint density at radius 2 is 1.75 bits per heavy atom. The van der Waals surface area contributed by atoms with E-state index < -0.39 is 5.60 Å². The number of ether oxygens (including phenoxy) is 1. The first-order valence-electron chi connectivity index (χ1n) is 15.0. The molecular weight excluding hydrogens is 444 g/mol. The fourth-order valence-corrected chi connectivity index (χ4v) is 11.0. The van der Waals surface area contributed by atoms with Gasteiger partial charge in [0.1, 0.15) is 0 Å². The molecule has 5 aliphatic carbocycles. The first-order chi connectivity index (χ1) is 16.7. The maximum atomic E-state index is 11.2. The zero-order chi connectivity index (χ0) is 26.4. The molecule has 3 bridgehead atoms. The number of fused-ring (bicyclic) bond motifs is 3. The highest BCUT2D eigenvalue weighted by Crippen LogP contribution is 2.77. The maximum Gasteiger partial charge on any atom is 0.0771 e. The van der Waals surface area contributed by atoms with Gasteiger partial charge in [-0.3, -0.25) is 0 Å². The van der Waals surface area contributed by atoms with Crippen LogP contribution >= 0.6 is 0 Å². The number of allylic oxidation sites excluding steroid dienone is 3. The van der Waals surface area contributed by atoms with Gasteiger partial charge in [-0.15, -0.1) is 0 Å². The van der Waals surface area contributed by atoms with Gasteiger partial charge >= 0.3 is 0 Å². The second-order valence-corrected chi connectivity index (χ2v) is 15.5. The fourth-order valence-electron chi connectivity index (χ4n) is 11.0. The summed E-state index contributed by atoms with van der Waals surface area (Å²) in [6, 6.07) is 0. The van der Waals surface area contributed by atoms with Gasteiger partial charge < -0.3 is 14.9 Å². The van der Waals surface area contributed by atoms with Crippen LogP contribution in [0.3, 0.4) is 0 Å². The lowest BCUT2D eigenvalue weighted by Gasteiger charge is -2.55. The highest BCUT2D eigenvalue weighted by atomic mass is 16.5. The van der Waals surface area contributed by atoms with Crippen LogP contribution in [0, 0.1) is 50.7 Å². The van der Waals surface area contributed by atoms with E-state index in [-0.39, 0.29) is 33.9 Å². The van der Waals surface area contributed by atoms with Crippen molar-refractivity contribution in [1.29, 1.82) is 0 Å². The number of rotatable bonds is 5. The molecule has 0 amide bonds. The molecule has 0 aromatic carbocycles. The van der Waals surface area contributed by atoms with E-state index in [2.05, 4.69) is 52.8 Å². The van der Waals surface area contributed by atoms with Crippen LogP contribution < -0.4 is 0 Å². The van der Waals surface area contributed by atoms with Gasteiger partial charge in [0.25, 0.3) is 0 Å². The van der Waals surface area contributed by atoms with Gasteiger partial charge in [-0.2, -0.15) is 0 Å². The molecule has 5 unspecified atom stereocenters. The Balaban J connectivity index is 1.54. The summed E-state index contributed by atoms with van der Waals surface area (Å²) < 4.78 is 6.43. The topological polar surface area (TPSA) is 49.7 Å².